The lowest BCUT2D eigenvalue weighted by molar-refractivity contribution is 0.217. The Balaban J connectivity index is 2.13. The van der Waals surface area contributed by atoms with Gasteiger partial charge in [0.25, 0.3) is 0 Å². The molecule has 0 atom stereocenters. The van der Waals surface area contributed by atoms with E-state index in [2.05, 4.69) is 24.5 Å². The summed E-state index contributed by atoms with van der Waals surface area (Å²) in [5, 5.41) is 1.51. The van der Waals surface area contributed by atoms with Crippen LogP contribution in [-0.2, 0) is 0 Å². The molecule has 1 fully saturated rings. The minimum atomic E-state index is -0.0114. The van der Waals surface area contributed by atoms with Gasteiger partial charge in [-0.2, -0.15) is 0 Å². The first kappa shape index (κ1) is 12.3. The predicted octanol–water partition coefficient (Wildman–Crippen LogP) is 2.52. The molecule has 1 aromatic carbocycles. The standard InChI is InChI=1S/C12H17N3OS/c1-3-7-17-11-6-4-5-10(8-11)15-9-13-14(2)12(15)16/h4-6,8,13H,3,7,9H2,1-2H3. The van der Waals surface area contributed by atoms with Crippen LogP contribution in [-0.4, -0.2) is 30.5 Å². The number of hydrazine groups is 1. The zero-order valence-electron chi connectivity index (χ0n) is 10.1. The van der Waals surface area contributed by atoms with Crippen molar-refractivity contribution < 1.29 is 4.79 Å². The number of thioether (sulfide) groups is 1. The lowest BCUT2D eigenvalue weighted by atomic mass is 10.3. The van der Waals surface area contributed by atoms with Gasteiger partial charge in [-0.05, 0) is 30.4 Å². The van der Waals surface area contributed by atoms with E-state index in [9.17, 15) is 4.79 Å². The van der Waals surface area contributed by atoms with E-state index >= 15 is 0 Å². The monoisotopic (exact) mass is 251 g/mol. The number of anilines is 1. The second-order valence-electron chi connectivity index (χ2n) is 3.93. The Hall–Kier alpha value is -1.20. The fourth-order valence-corrected chi connectivity index (χ4v) is 2.47. The van der Waals surface area contributed by atoms with Gasteiger partial charge in [0.15, 0.2) is 0 Å². The molecule has 5 heteroatoms. The fourth-order valence-electron chi connectivity index (χ4n) is 1.66. The molecule has 1 aromatic rings. The Morgan fingerprint density at radius 1 is 1.47 bits per heavy atom. The summed E-state index contributed by atoms with van der Waals surface area (Å²) in [6, 6.07) is 8.11. The van der Waals surface area contributed by atoms with E-state index in [1.54, 1.807) is 11.9 Å². The van der Waals surface area contributed by atoms with E-state index in [1.807, 2.05) is 23.9 Å². The number of nitrogens with one attached hydrogen (secondary N) is 1. The van der Waals surface area contributed by atoms with Crippen LogP contribution in [0.5, 0.6) is 0 Å². The molecular weight excluding hydrogens is 234 g/mol. The lowest BCUT2D eigenvalue weighted by Crippen LogP contribution is -2.31. The van der Waals surface area contributed by atoms with Crippen molar-refractivity contribution in [2.75, 3.05) is 24.4 Å². The van der Waals surface area contributed by atoms with Crippen molar-refractivity contribution in [1.29, 1.82) is 0 Å². The molecule has 1 heterocycles. The molecule has 1 aliphatic heterocycles. The number of carbonyl (C=O) groups excluding carboxylic acids is 1. The molecule has 1 saturated heterocycles. The van der Waals surface area contributed by atoms with Crippen LogP contribution >= 0.6 is 11.8 Å². The lowest BCUT2D eigenvalue weighted by Gasteiger charge is -2.15. The van der Waals surface area contributed by atoms with Crippen molar-refractivity contribution in [2.24, 2.45) is 0 Å². The average Bonchev–Trinajstić information content (AvgIpc) is 2.68. The van der Waals surface area contributed by atoms with Crippen molar-refractivity contribution in [3.05, 3.63) is 24.3 Å². The summed E-state index contributed by atoms with van der Waals surface area (Å²) in [4.78, 5) is 14.8. The van der Waals surface area contributed by atoms with Crippen LogP contribution in [0.3, 0.4) is 0 Å². The second kappa shape index (κ2) is 5.42. The number of benzene rings is 1. The summed E-state index contributed by atoms with van der Waals surface area (Å²) in [5.41, 5.74) is 3.94. The maximum Gasteiger partial charge on any atom is 0.339 e. The summed E-state index contributed by atoms with van der Waals surface area (Å²) in [6.45, 7) is 2.71. The maximum atomic E-state index is 11.8. The van der Waals surface area contributed by atoms with Crippen molar-refractivity contribution >= 4 is 23.5 Å². The molecule has 4 nitrogen and oxygen atoms in total. The van der Waals surface area contributed by atoms with Crippen LogP contribution in [0.25, 0.3) is 0 Å². The number of urea groups is 1. The number of nitrogens with zero attached hydrogens (tertiary/aromatic N) is 2. The number of carbonyl (C=O) groups is 1. The minimum absolute atomic E-state index is 0.0114. The van der Waals surface area contributed by atoms with Gasteiger partial charge in [-0.15, -0.1) is 11.8 Å². The van der Waals surface area contributed by atoms with Crippen LogP contribution in [0.15, 0.2) is 29.2 Å². The number of amides is 2. The smallest absolute Gasteiger partial charge is 0.278 e. The highest BCUT2D eigenvalue weighted by Crippen LogP contribution is 2.25. The van der Waals surface area contributed by atoms with Gasteiger partial charge < -0.3 is 0 Å². The van der Waals surface area contributed by atoms with Gasteiger partial charge in [-0.3, -0.25) is 9.91 Å². The van der Waals surface area contributed by atoms with Gasteiger partial charge in [-0.25, -0.2) is 10.2 Å². The first-order valence-electron chi connectivity index (χ1n) is 5.74. The molecule has 17 heavy (non-hydrogen) atoms. The zero-order chi connectivity index (χ0) is 12.3. The van der Waals surface area contributed by atoms with Crippen LogP contribution in [0, 0.1) is 0 Å². The molecule has 2 amide bonds. The minimum Gasteiger partial charge on any atom is -0.278 e. The summed E-state index contributed by atoms with van der Waals surface area (Å²) in [6.07, 6.45) is 1.15. The third kappa shape index (κ3) is 2.73. The Kier molecular flexibility index (Phi) is 3.91. The SMILES string of the molecule is CCCSc1cccc(N2CNN(C)C2=O)c1. The van der Waals surface area contributed by atoms with Crippen LogP contribution in [0.4, 0.5) is 10.5 Å². The molecule has 0 aromatic heterocycles. The zero-order valence-corrected chi connectivity index (χ0v) is 11.0. The summed E-state index contributed by atoms with van der Waals surface area (Å²) in [5.74, 6) is 1.11. The van der Waals surface area contributed by atoms with Gasteiger partial charge >= 0.3 is 6.03 Å². The Labute approximate surface area is 106 Å². The van der Waals surface area contributed by atoms with Gasteiger partial charge in [0, 0.05) is 17.6 Å². The van der Waals surface area contributed by atoms with Gasteiger partial charge in [-0.1, -0.05) is 13.0 Å². The van der Waals surface area contributed by atoms with E-state index in [0.29, 0.717) is 6.67 Å². The summed E-state index contributed by atoms with van der Waals surface area (Å²) in [7, 11) is 1.73. The highest BCUT2D eigenvalue weighted by atomic mass is 32.2. The van der Waals surface area contributed by atoms with E-state index in [-0.39, 0.29) is 6.03 Å². The quantitative estimate of drug-likeness (QED) is 0.835. The van der Waals surface area contributed by atoms with Crippen molar-refractivity contribution in [1.82, 2.24) is 10.4 Å². The van der Waals surface area contributed by atoms with Crippen molar-refractivity contribution in [3.63, 3.8) is 0 Å². The highest BCUT2D eigenvalue weighted by Gasteiger charge is 2.26. The number of hydrogen-bond donors (Lipinski definition) is 1. The molecule has 0 spiro atoms. The molecular formula is C12H17N3OS. The molecule has 1 aliphatic rings. The van der Waals surface area contributed by atoms with Crippen LogP contribution in [0.1, 0.15) is 13.3 Å². The average molecular weight is 251 g/mol. The van der Waals surface area contributed by atoms with Gasteiger partial charge in [0.05, 0.1) is 6.67 Å². The van der Waals surface area contributed by atoms with Crippen molar-refractivity contribution in [2.45, 2.75) is 18.2 Å². The third-order valence-electron chi connectivity index (χ3n) is 2.59. The molecule has 0 unspecified atom stereocenters. The molecule has 0 bridgehead atoms. The molecule has 92 valence electrons. The third-order valence-corrected chi connectivity index (χ3v) is 3.79. The normalized spacial score (nSPS) is 15.8. The largest absolute Gasteiger partial charge is 0.339 e. The Morgan fingerprint density at radius 3 is 2.94 bits per heavy atom. The van der Waals surface area contributed by atoms with E-state index in [4.69, 9.17) is 0 Å². The van der Waals surface area contributed by atoms with E-state index < -0.39 is 0 Å². The molecule has 2 rings (SSSR count). The molecule has 1 N–H and O–H groups in total. The van der Waals surface area contributed by atoms with E-state index in [1.165, 1.54) is 9.90 Å². The van der Waals surface area contributed by atoms with Gasteiger partial charge in [0.2, 0.25) is 0 Å². The van der Waals surface area contributed by atoms with E-state index in [0.717, 1.165) is 17.9 Å². The molecule has 0 saturated carbocycles. The predicted molar refractivity (Wildman–Crippen MR) is 71.1 cm³/mol. The van der Waals surface area contributed by atoms with Crippen molar-refractivity contribution in [3.8, 4) is 0 Å². The second-order valence-corrected chi connectivity index (χ2v) is 5.10. The number of rotatable bonds is 4. The first-order valence-corrected chi connectivity index (χ1v) is 6.72. The Morgan fingerprint density at radius 2 is 2.29 bits per heavy atom. The fraction of sp³-hybridized carbons (Fsp3) is 0.417. The topological polar surface area (TPSA) is 35.6 Å². The first-order chi connectivity index (χ1) is 8.22. The van der Waals surface area contributed by atoms with Crippen LogP contribution in [0.2, 0.25) is 0 Å². The van der Waals surface area contributed by atoms with Gasteiger partial charge in [0.1, 0.15) is 0 Å². The summed E-state index contributed by atoms with van der Waals surface area (Å²) < 4.78 is 0. The Bertz CT molecular complexity index is 410. The summed E-state index contributed by atoms with van der Waals surface area (Å²) >= 11 is 1.82. The highest BCUT2D eigenvalue weighted by molar-refractivity contribution is 7.99. The number of hydrogen-bond acceptors (Lipinski definition) is 3. The maximum absolute atomic E-state index is 11.8. The molecule has 0 radical (unpaired) electrons. The molecule has 0 aliphatic carbocycles. The van der Waals surface area contributed by atoms with Crippen LogP contribution < -0.4 is 10.3 Å².